The highest BCUT2D eigenvalue weighted by Gasteiger charge is 2.34. The topological polar surface area (TPSA) is 70.7 Å². The summed E-state index contributed by atoms with van der Waals surface area (Å²) in [7, 11) is 0. The average Bonchev–Trinajstić information content (AvgIpc) is 2.68. The monoisotopic (exact) mass is 224 g/mol. The maximum atomic E-state index is 10.8. The van der Waals surface area contributed by atoms with Crippen molar-refractivity contribution in [3.63, 3.8) is 0 Å². The van der Waals surface area contributed by atoms with Crippen molar-refractivity contribution in [1.82, 2.24) is 0 Å². The third-order valence-electron chi connectivity index (χ3n) is 2.84. The normalized spacial score (nSPS) is 14.9. The Bertz CT molecular complexity index is 387. The second-order valence-electron chi connectivity index (χ2n) is 4.31. The Morgan fingerprint density at radius 2 is 2.19 bits per heavy atom. The standard InChI is InChI=1S/C12H16O4/c1-8(7-9-5-4-6-16-9)12(2,3)10(13)11(14)15/h4-7,10,13H,1-3H3,(H,14,15)/b8-7+. The molecule has 16 heavy (non-hydrogen) atoms. The summed E-state index contributed by atoms with van der Waals surface area (Å²) >= 11 is 0. The van der Waals surface area contributed by atoms with E-state index < -0.39 is 17.5 Å². The van der Waals surface area contributed by atoms with Gasteiger partial charge in [-0.1, -0.05) is 19.4 Å². The molecule has 1 rings (SSSR count). The van der Waals surface area contributed by atoms with Crippen molar-refractivity contribution in [2.24, 2.45) is 5.41 Å². The van der Waals surface area contributed by atoms with Crippen LogP contribution in [-0.4, -0.2) is 22.3 Å². The number of hydrogen-bond acceptors (Lipinski definition) is 3. The van der Waals surface area contributed by atoms with E-state index in [0.717, 1.165) is 5.57 Å². The van der Waals surface area contributed by atoms with Crippen molar-refractivity contribution in [3.05, 3.63) is 29.7 Å². The van der Waals surface area contributed by atoms with Gasteiger partial charge in [-0.2, -0.15) is 0 Å². The summed E-state index contributed by atoms with van der Waals surface area (Å²) in [5.74, 6) is -0.583. The molecule has 0 aromatic carbocycles. The molecule has 2 N–H and O–H groups in total. The maximum Gasteiger partial charge on any atom is 0.333 e. The van der Waals surface area contributed by atoms with Crippen LogP contribution in [0.3, 0.4) is 0 Å². The van der Waals surface area contributed by atoms with Gasteiger partial charge in [0.25, 0.3) is 0 Å². The molecule has 0 spiro atoms. The highest BCUT2D eigenvalue weighted by molar-refractivity contribution is 5.74. The van der Waals surface area contributed by atoms with Crippen LogP contribution < -0.4 is 0 Å². The van der Waals surface area contributed by atoms with E-state index in [1.54, 1.807) is 45.2 Å². The smallest absolute Gasteiger partial charge is 0.333 e. The molecule has 0 fully saturated rings. The fourth-order valence-electron chi connectivity index (χ4n) is 1.30. The Hall–Kier alpha value is -1.55. The van der Waals surface area contributed by atoms with Crippen LogP contribution >= 0.6 is 0 Å². The van der Waals surface area contributed by atoms with Crippen LogP contribution in [-0.2, 0) is 4.79 Å². The average molecular weight is 224 g/mol. The van der Waals surface area contributed by atoms with Crippen molar-refractivity contribution < 1.29 is 19.4 Å². The first-order valence-corrected chi connectivity index (χ1v) is 4.99. The lowest BCUT2D eigenvalue weighted by Gasteiger charge is -2.28. The zero-order valence-electron chi connectivity index (χ0n) is 9.60. The summed E-state index contributed by atoms with van der Waals surface area (Å²) in [5, 5.41) is 18.4. The Morgan fingerprint density at radius 3 is 2.62 bits per heavy atom. The van der Waals surface area contributed by atoms with Gasteiger partial charge in [0.15, 0.2) is 6.10 Å². The number of aliphatic carboxylic acids is 1. The molecule has 1 aromatic rings. The zero-order chi connectivity index (χ0) is 12.3. The third-order valence-corrected chi connectivity index (χ3v) is 2.84. The number of furan rings is 1. The van der Waals surface area contributed by atoms with E-state index in [4.69, 9.17) is 9.52 Å². The second kappa shape index (κ2) is 4.53. The van der Waals surface area contributed by atoms with Crippen molar-refractivity contribution in [1.29, 1.82) is 0 Å². The Labute approximate surface area is 94.2 Å². The summed E-state index contributed by atoms with van der Waals surface area (Å²) in [6.07, 6.45) is 1.84. The van der Waals surface area contributed by atoms with Crippen molar-refractivity contribution in [2.75, 3.05) is 0 Å². The molecule has 88 valence electrons. The van der Waals surface area contributed by atoms with Crippen LogP contribution in [0.25, 0.3) is 6.08 Å². The van der Waals surface area contributed by atoms with Gasteiger partial charge in [-0.05, 0) is 25.1 Å². The molecule has 0 saturated heterocycles. The Morgan fingerprint density at radius 1 is 1.56 bits per heavy atom. The fourth-order valence-corrected chi connectivity index (χ4v) is 1.30. The number of carbonyl (C=O) groups is 1. The van der Waals surface area contributed by atoms with Crippen LogP contribution in [0.4, 0.5) is 0 Å². The lowest BCUT2D eigenvalue weighted by Crippen LogP contribution is -2.37. The third kappa shape index (κ3) is 2.52. The fraction of sp³-hybridized carbons (Fsp3) is 0.417. The van der Waals surface area contributed by atoms with Crippen LogP contribution in [0.2, 0.25) is 0 Å². The summed E-state index contributed by atoms with van der Waals surface area (Å²) in [4.78, 5) is 10.8. The van der Waals surface area contributed by atoms with Crippen molar-refractivity contribution in [2.45, 2.75) is 26.9 Å². The molecule has 0 bridgehead atoms. The molecular formula is C12H16O4. The van der Waals surface area contributed by atoms with Crippen molar-refractivity contribution >= 4 is 12.0 Å². The Kier molecular flexibility index (Phi) is 3.55. The molecule has 1 heterocycles. The summed E-state index contributed by atoms with van der Waals surface area (Å²) in [6, 6.07) is 3.52. The van der Waals surface area contributed by atoms with Gasteiger partial charge < -0.3 is 14.6 Å². The highest BCUT2D eigenvalue weighted by Crippen LogP contribution is 2.31. The minimum atomic E-state index is -1.43. The largest absolute Gasteiger partial charge is 0.479 e. The highest BCUT2D eigenvalue weighted by atomic mass is 16.4. The second-order valence-corrected chi connectivity index (χ2v) is 4.31. The number of rotatable bonds is 4. The zero-order valence-corrected chi connectivity index (χ0v) is 9.60. The molecule has 0 saturated carbocycles. The van der Waals surface area contributed by atoms with Gasteiger partial charge in [-0.3, -0.25) is 0 Å². The molecule has 1 aromatic heterocycles. The first-order chi connectivity index (χ1) is 7.35. The van der Waals surface area contributed by atoms with Gasteiger partial charge in [0.2, 0.25) is 0 Å². The lowest BCUT2D eigenvalue weighted by molar-refractivity contribution is -0.151. The molecule has 0 aliphatic heterocycles. The van der Waals surface area contributed by atoms with E-state index in [9.17, 15) is 9.90 Å². The number of carboxylic acid groups (broad SMARTS) is 1. The summed E-state index contributed by atoms with van der Waals surface area (Å²) < 4.78 is 5.13. The van der Waals surface area contributed by atoms with Gasteiger partial charge in [-0.15, -0.1) is 0 Å². The predicted octanol–water partition coefficient (Wildman–Crippen LogP) is 2.15. The van der Waals surface area contributed by atoms with E-state index in [2.05, 4.69) is 0 Å². The van der Waals surface area contributed by atoms with Gasteiger partial charge in [0.05, 0.1) is 6.26 Å². The van der Waals surface area contributed by atoms with Gasteiger partial charge >= 0.3 is 5.97 Å². The molecule has 1 atom stereocenters. The molecule has 0 amide bonds. The minimum Gasteiger partial charge on any atom is -0.479 e. The van der Waals surface area contributed by atoms with Gasteiger partial charge in [0.1, 0.15) is 5.76 Å². The molecule has 4 nitrogen and oxygen atoms in total. The van der Waals surface area contributed by atoms with Crippen LogP contribution in [0.5, 0.6) is 0 Å². The molecule has 0 aliphatic carbocycles. The minimum absolute atomic E-state index is 0.642. The SMILES string of the molecule is C/C(=C\c1ccco1)C(C)(C)C(O)C(=O)O. The van der Waals surface area contributed by atoms with E-state index in [-0.39, 0.29) is 0 Å². The molecule has 4 heteroatoms. The first kappa shape index (κ1) is 12.5. The molecule has 0 radical (unpaired) electrons. The van der Waals surface area contributed by atoms with Crippen LogP contribution in [0.15, 0.2) is 28.4 Å². The molecule has 1 unspecified atom stereocenters. The quantitative estimate of drug-likeness (QED) is 0.822. The van der Waals surface area contributed by atoms with Crippen molar-refractivity contribution in [3.8, 4) is 0 Å². The van der Waals surface area contributed by atoms with E-state index >= 15 is 0 Å². The maximum absolute atomic E-state index is 10.8. The first-order valence-electron chi connectivity index (χ1n) is 4.99. The Balaban J connectivity index is 2.95. The van der Waals surface area contributed by atoms with Crippen LogP contribution in [0.1, 0.15) is 26.5 Å². The number of aliphatic hydroxyl groups excluding tert-OH is 1. The number of hydrogen-bond donors (Lipinski definition) is 2. The van der Waals surface area contributed by atoms with E-state index in [1.807, 2.05) is 0 Å². The number of carboxylic acids is 1. The summed E-state index contributed by atoms with van der Waals surface area (Å²) in [6.45, 7) is 5.13. The van der Waals surface area contributed by atoms with Crippen LogP contribution in [0, 0.1) is 5.41 Å². The van der Waals surface area contributed by atoms with E-state index in [1.165, 1.54) is 0 Å². The van der Waals surface area contributed by atoms with Gasteiger partial charge in [0, 0.05) is 5.41 Å². The van der Waals surface area contributed by atoms with E-state index in [0.29, 0.717) is 5.76 Å². The van der Waals surface area contributed by atoms with Gasteiger partial charge in [-0.25, -0.2) is 4.79 Å². The number of aliphatic hydroxyl groups is 1. The lowest BCUT2D eigenvalue weighted by atomic mass is 9.79. The summed E-state index contributed by atoms with van der Waals surface area (Å²) in [5.41, 5.74) is -0.0872. The predicted molar refractivity (Wildman–Crippen MR) is 59.8 cm³/mol. The molecular weight excluding hydrogens is 208 g/mol. The molecule has 0 aliphatic rings.